The number of aliphatic hydroxyl groups excluding tert-OH is 1. The Balaban J connectivity index is 1.34. The predicted molar refractivity (Wildman–Crippen MR) is 99.5 cm³/mol. The molecule has 1 saturated heterocycles. The van der Waals surface area contributed by atoms with Gasteiger partial charge in [-0.1, -0.05) is 41.9 Å². The van der Waals surface area contributed by atoms with Crippen LogP contribution in [-0.4, -0.2) is 53.4 Å². The molecule has 3 rings (SSSR count). The first-order valence-corrected chi connectivity index (χ1v) is 9.31. The number of amides is 1. The van der Waals surface area contributed by atoms with E-state index in [-0.39, 0.29) is 11.9 Å². The fourth-order valence-electron chi connectivity index (χ4n) is 3.28. The molecule has 1 aliphatic rings. The first-order valence-electron chi connectivity index (χ1n) is 9.31. The van der Waals surface area contributed by atoms with Crippen LogP contribution in [0.4, 0.5) is 0 Å². The van der Waals surface area contributed by atoms with Crippen molar-refractivity contribution in [2.75, 3.05) is 20.1 Å². The van der Waals surface area contributed by atoms with Gasteiger partial charge in [0, 0.05) is 38.2 Å². The number of likely N-dealkylation sites (N-methyl/N-ethyl adjacent to an activating group) is 1. The Morgan fingerprint density at radius 1 is 1.31 bits per heavy atom. The third kappa shape index (κ3) is 4.93. The fraction of sp³-hybridized carbons (Fsp3) is 0.500. The Hall–Kier alpha value is -2.18. The highest BCUT2D eigenvalue weighted by atomic mass is 16.5. The summed E-state index contributed by atoms with van der Waals surface area (Å²) >= 11 is 0. The van der Waals surface area contributed by atoms with Crippen molar-refractivity contribution in [3.8, 4) is 11.3 Å². The van der Waals surface area contributed by atoms with Crippen LogP contribution in [0.15, 0.2) is 40.9 Å². The van der Waals surface area contributed by atoms with Crippen LogP contribution in [-0.2, 0) is 11.2 Å². The zero-order valence-electron chi connectivity index (χ0n) is 15.2. The van der Waals surface area contributed by atoms with Crippen molar-refractivity contribution in [1.29, 1.82) is 0 Å². The second-order valence-electron chi connectivity index (χ2n) is 6.97. The van der Waals surface area contributed by atoms with Gasteiger partial charge in [0.2, 0.25) is 5.91 Å². The molecule has 2 heterocycles. The summed E-state index contributed by atoms with van der Waals surface area (Å²) in [6.45, 7) is 1.24. The molecule has 0 spiro atoms. The fourth-order valence-corrected chi connectivity index (χ4v) is 3.28. The van der Waals surface area contributed by atoms with E-state index in [4.69, 9.17) is 4.52 Å². The molecule has 0 saturated carbocycles. The maximum Gasteiger partial charge on any atom is 0.239 e. The van der Waals surface area contributed by atoms with Gasteiger partial charge in [0.25, 0.3) is 0 Å². The number of aliphatic hydroxyl groups is 1. The third-order valence-electron chi connectivity index (χ3n) is 4.83. The Kier molecular flexibility index (Phi) is 6.41. The summed E-state index contributed by atoms with van der Waals surface area (Å²) in [4.78, 5) is 14.0. The number of hydrogen-bond acceptors (Lipinski definition) is 5. The van der Waals surface area contributed by atoms with Gasteiger partial charge in [-0.2, -0.15) is 0 Å². The molecule has 0 bridgehead atoms. The molecule has 1 aromatic carbocycles. The van der Waals surface area contributed by atoms with Crippen molar-refractivity contribution in [3.63, 3.8) is 0 Å². The first kappa shape index (κ1) is 18.6. The zero-order chi connectivity index (χ0) is 18.4. The van der Waals surface area contributed by atoms with Crippen molar-refractivity contribution in [2.45, 2.75) is 44.2 Å². The number of rotatable bonds is 8. The Morgan fingerprint density at radius 2 is 2.12 bits per heavy atom. The van der Waals surface area contributed by atoms with Gasteiger partial charge in [0.05, 0.1) is 12.1 Å². The number of carbonyl (C=O) groups excluding carboxylic acids is 1. The average Bonchev–Trinajstić information content (AvgIpc) is 3.30. The van der Waals surface area contributed by atoms with Crippen LogP contribution in [0.3, 0.4) is 0 Å². The molecular formula is C20H27N3O3. The lowest BCUT2D eigenvalue weighted by molar-refractivity contribution is -0.132. The number of hydrogen-bond donors (Lipinski definition) is 2. The molecule has 1 aromatic heterocycles. The highest BCUT2D eigenvalue weighted by Gasteiger charge is 2.29. The normalized spacial score (nSPS) is 19.6. The second kappa shape index (κ2) is 8.96. The largest absolute Gasteiger partial charge is 0.392 e. The summed E-state index contributed by atoms with van der Waals surface area (Å²) in [6, 6.07) is 11.8. The van der Waals surface area contributed by atoms with E-state index in [9.17, 15) is 9.90 Å². The molecule has 1 fully saturated rings. The molecule has 2 N–H and O–H groups in total. The Bertz CT molecular complexity index is 701. The summed E-state index contributed by atoms with van der Waals surface area (Å²) in [5, 5.41) is 16.7. The molecule has 2 aromatic rings. The number of nitrogens with one attached hydrogen (secondary N) is 1. The smallest absolute Gasteiger partial charge is 0.239 e. The first-order chi connectivity index (χ1) is 12.6. The van der Waals surface area contributed by atoms with Crippen LogP contribution >= 0.6 is 0 Å². The number of aryl methyl sites for hydroxylation is 1. The standard InChI is InChI=1S/C20H27N3O3/c1-23(20(25)19-12-16(24)14-21-19)11-7-3-6-10-17-13-18(22-26-17)15-8-4-2-5-9-15/h2,4-5,8-9,13,16,19,21,24H,3,6-7,10-12,14H2,1H3. The van der Waals surface area contributed by atoms with Crippen LogP contribution in [0.5, 0.6) is 0 Å². The minimum Gasteiger partial charge on any atom is -0.392 e. The van der Waals surface area contributed by atoms with E-state index in [1.54, 1.807) is 4.90 Å². The van der Waals surface area contributed by atoms with E-state index in [0.29, 0.717) is 13.0 Å². The number of carbonyl (C=O) groups is 1. The molecule has 0 aliphatic carbocycles. The minimum atomic E-state index is -0.403. The van der Waals surface area contributed by atoms with Gasteiger partial charge in [0.1, 0.15) is 11.5 Å². The molecule has 26 heavy (non-hydrogen) atoms. The van der Waals surface area contributed by atoms with Crippen LogP contribution < -0.4 is 5.32 Å². The van der Waals surface area contributed by atoms with Crippen molar-refractivity contribution in [1.82, 2.24) is 15.4 Å². The van der Waals surface area contributed by atoms with Gasteiger partial charge >= 0.3 is 0 Å². The van der Waals surface area contributed by atoms with Crippen LogP contribution in [0.1, 0.15) is 31.4 Å². The number of unbranched alkanes of at least 4 members (excludes halogenated alkanes) is 2. The monoisotopic (exact) mass is 357 g/mol. The lowest BCUT2D eigenvalue weighted by Crippen LogP contribution is -2.41. The zero-order valence-corrected chi connectivity index (χ0v) is 15.2. The number of β-amino-alcohol motifs (C(OH)–C–C–N with tert-alkyl or cyclic N) is 1. The number of aromatic nitrogens is 1. The topological polar surface area (TPSA) is 78.6 Å². The molecule has 140 valence electrons. The number of nitrogens with zero attached hydrogens (tertiary/aromatic N) is 2. The van der Waals surface area contributed by atoms with E-state index >= 15 is 0 Å². The molecular weight excluding hydrogens is 330 g/mol. The van der Waals surface area contributed by atoms with E-state index in [1.165, 1.54) is 0 Å². The molecule has 2 unspecified atom stereocenters. The van der Waals surface area contributed by atoms with Gasteiger partial charge in [0.15, 0.2) is 0 Å². The van der Waals surface area contributed by atoms with Gasteiger partial charge in [-0.05, 0) is 19.3 Å². The molecule has 1 amide bonds. The SMILES string of the molecule is CN(CCCCCc1cc(-c2ccccc2)no1)C(=O)C1CC(O)CN1. The van der Waals surface area contributed by atoms with Crippen molar-refractivity contribution in [2.24, 2.45) is 0 Å². The van der Waals surface area contributed by atoms with Gasteiger partial charge in [-0.15, -0.1) is 0 Å². The Morgan fingerprint density at radius 3 is 2.85 bits per heavy atom. The summed E-state index contributed by atoms with van der Waals surface area (Å²) in [5.74, 6) is 0.974. The summed E-state index contributed by atoms with van der Waals surface area (Å²) in [6.07, 6.45) is 3.95. The lowest BCUT2D eigenvalue weighted by atomic mass is 10.1. The summed E-state index contributed by atoms with van der Waals surface area (Å²) in [5.41, 5.74) is 1.94. The van der Waals surface area contributed by atoms with E-state index < -0.39 is 6.10 Å². The van der Waals surface area contributed by atoms with Crippen molar-refractivity contribution < 1.29 is 14.4 Å². The maximum absolute atomic E-state index is 12.2. The van der Waals surface area contributed by atoms with Crippen LogP contribution in [0.2, 0.25) is 0 Å². The lowest BCUT2D eigenvalue weighted by Gasteiger charge is -2.21. The van der Waals surface area contributed by atoms with E-state index in [0.717, 1.165) is 49.2 Å². The molecule has 6 nitrogen and oxygen atoms in total. The third-order valence-corrected chi connectivity index (χ3v) is 4.83. The summed E-state index contributed by atoms with van der Waals surface area (Å²) in [7, 11) is 1.83. The van der Waals surface area contributed by atoms with Crippen molar-refractivity contribution in [3.05, 3.63) is 42.2 Å². The van der Waals surface area contributed by atoms with Crippen LogP contribution in [0.25, 0.3) is 11.3 Å². The summed E-state index contributed by atoms with van der Waals surface area (Å²) < 4.78 is 5.42. The predicted octanol–water partition coefficient (Wildman–Crippen LogP) is 2.24. The average molecular weight is 357 g/mol. The highest BCUT2D eigenvalue weighted by molar-refractivity contribution is 5.82. The Labute approximate surface area is 154 Å². The van der Waals surface area contributed by atoms with Crippen molar-refractivity contribution >= 4 is 5.91 Å². The van der Waals surface area contributed by atoms with E-state index in [2.05, 4.69) is 10.5 Å². The number of benzene rings is 1. The molecule has 0 radical (unpaired) electrons. The van der Waals surface area contributed by atoms with E-state index in [1.807, 2.05) is 43.4 Å². The quantitative estimate of drug-likeness (QED) is 0.709. The van der Waals surface area contributed by atoms with Gasteiger partial charge in [-0.25, -0.2) is 0 Å². The second-order valence-corrected chi connectivity index (χ2v) is 6.97. The highest BCUT2D eigenvalue weighted by Crippen LogP contribution is 2.19. The van der Waals surface area contributed by atoms with Gasteiger partial charge < -0.3 is 19.8 Å². The minimum absolute atomic E-state index is 0.0734. The maximum atomic E-state index is 12.2. The molecule has 1 aliphatic heterocycles. The van der Waals surface area contributed by atoms with Crippen LogP contribution in [0, 0.1) is 0 Å². The van der Waals surface area contributed by atoms with Gasteiger partial charge in [-0.3, -0.25) is 4.79 Å². The molecule has 2 atom stereocenters. The molecule has 6 heteroatoms.